The topological polar surface area (TPSA) is 49.4 Å². The largest absolute Gasteiger partial charge is 0.190 e. The second-order valence-corrected chi connectivity index (χ2v) is 2.79. The van der Waals surface area contributed by atoms with Gasteiger partial charge in [-0.3, -0.25) is 0 Å². The first-order valence-corrected chi connectivity index (χ1v) is 3.69. The van der Waals surface area contributed by atoms with Crippen LogP contribution in [0.5, 0.6) is 0 Å². The predicted octanol–water partition coefficient (Wildman–Crippen LogP) is 2.13. The molecule has 4 nitrogen and oxygen atoms in total. The first-order chi connectivity index (χ1) is 4.85. The third-order valence-electron chi connectivity index (χ3n) is 2.12. The lowest BCUT2D eigenvalue weighted by atomic mass is 9.99. The Kier molecular flexibility index (Phi) is 1.09. The first-order valence-electron chi connectivity index (χ1n) is 3.69. The number of fused-ring (bicyclic) bond motifs is 1. The zero-order valence-corrected chi connectivity index (χ0v) is 5.99. The fourth-order valence-corrected chi connectivity index (χ4v) is 1.29. The van der Waals surface area contributed by atoms with E-state index in [0.29, 0.717) is 0 Å². The molecule has 0 aromatic heterocycles. The average Bonchev–Trinajstić information content (AvgIpc) is 2.08. The minimum Gasteiger partial charge on any atom is -0.162 e. The van der Waals surface area contributed by atoms with E-state index >= 15 is 0 Å². The molecule has 3 aliphatic rings. The van der Waals surface area contributed by atoms with Gasteiger partial charge < -0.3 is 0 Å². The SMILES string of the molecule is CCC12CCC(N=N1)N=N2. The van der Waals surface area contributed by atoms with Gasteiger partial charge in [0.05, 0.1) is 0 Å². The molecule has 3 heterocycles. The molecule has 0 radical (unpaired) electrons. The van der Waals surface area contributed by atoms with Crippen molar-refractivity contribution in [2.24, 2.45) is 20.5 Å². The maximum atomic E-state index is 4.11. The van der Waals surface area contributed by atoms with Crippen LogP contribution in [0.3, 0.4) is 0 Å². The lowest BCUT2D eigenvalue weighted by Gasteiger charge is -2.30. The number of nitrogens with zero attached hydrogens (tertiary/aromatic N) is 4. The lowest BCUT2D eigenvalue weighted by Crippen LogP contribution is -2.31. The van der Waals surface area contributed by atoms with Crippen LogP contribution in [0.15, 0.2) is 20.5 Å². The number of rotatable bonds is 1. The highest BCUT2D eigenvalue weighted by Crippen LogP contribution is 2.35. The highest BCUT2D eigenvalue weighted by atomic mass is 15.4. The molecule has 0 saturated heterocycles. The van der Waals surface area contributed by atoms with Crippen molar-refractivity contribution in [1.82, 2.24) is 0 Å². The molecule has 0 saturated carbocycles. The number of hydrogen-bond donors (Lipinski definition) is 0. The van der Waals surface area contributed by atoms with Crippen LogP contribution in [-0.2, 0) is 0 Å². The van der Waals surface area contributed by atoms with E-state index in [9.17, 15) is 0 Å². The normalized spacial score (nSPS) is 42.7. The van der Waals surface area contributed by atoms with E-state index < -0.39 is 0 Å². The Labute approximate surface area is 59.4 Å². The fraction of sp³-hybridized carbons (Fsp3) is 1.00. The molecule has 0 spiro atoms. The monoisotopic (exact) mass is 138 g/mol. The zero-order chi connectivity index (χ0) is 7.03. The Morgan fingerprint density at radius 2 is 2.10 bits per heavy atom. The summed E-state index contributed by atoms with van der Waals surface area (Å²) in [6.07, 6.45) is 3.03. The second-order valence-electron chi connectivity index (χ2n) is 2.79. The van der Waals surface area contributed by atoms with Gasteiger partial charge in [-0.05, 0) is 12.8 Å². The molecule has 54 valence electrons. The van der Waals surface area contributed by atoms with Crippen LogP contribution in [0.2, 0.25) is 0 Å². The van der Waals surface area contributed by atoms with E-state index in [0.717, 1.165) is 19.3 Å². The van der Waals surface area contributed by atoms with Crippen LogP contribution in [0.1, 0.15) is 26.2 Å². The van der Waals surface area contributed by atoms with E-state index in [1.165, 1.54) is 0 Å². The molecule has 0 aliphatic carbocycles. The van der Waals surface area contributed by atoms with E-state index in [1.54, 1.807) is 0 Å². The van der Waals surface area contributed by atoms with E-state index in [1.807, 2.05) is 0 Å². The van der Waals surface area contributed by atoms with Crippen LogP contribution in [0, 0.1) is 0 Å². The Morgan fingerprint density at radius 3 is 2.40 bits per heavy atom. The Morgan fingerprint density at radius 1 is 1.40 bits per heavy atom. The molecule has 0 N–H and O–H groups in total. The summed E-state index contributed by atoms with van der Waals surface area (Å²) in [4.78, 5) is 0. The average molecular weight is 138 g/mol. The molecular weight excluding hydrogens is 128 g/mol. The minimum atomic E-state index is -0.255. The van der Waals surface area contributed by atoms with Crippen molar-refractivity contribution in [3.05, 3.63) is 0 Å². The Hall–Kier alpha value is -0.800. The fourth-order valence-electron chi connectivity index (χ4n) is 1.29. The van der Waals surface area contributed by atoms with Crippen molar-refractivity contribution < 1.29 is 0 Å². The van der Waals surface area contributed by atoms with Crippen LogP contribution >= 0.6 is 0 Å². The van der Waals surface area contributed by atoms with Crippen LogP contribution in [0.25, 0.3) is 0 Å². The highest BCUT2D eigenvalue weighted by molar-refractivity contribution is 4.90. The second kappa shape index (κ2) is 1.84. The van der Waals surface area contributed by atoms with E-state index in [2.05, 4.69) is 27.4 Å². The smallest absolute Gasteiger partial charge is 0.162 e. The summed E-state index contributed by atoms with van der Waals surface area (Å²) in [5, 5.41) is 16.2. The van der Waals surface area contributed by atoms with Gasteiger partial charge in [0.1, 0.15) is 0 Å². The van der Waals surface area contributed by atoms with Gasteiger partial charge in [0.2, 0.25) is 0 Å². The summed E-state index contributed by atoms with van der Waals surface area (Å²) < 4.78 is 0. The van der Waals surface area contributed by atoms with Crippen LogP contribution in [-0.4, -0.2) is 11.8 Å². The maximum Gasteiger partial charge on any atom is 0.190 e. The quantitative estimate of drug-likeness (QED) is 0.533. The number of azo groups is 2. The molecule has 3 rings (SSSR count). The van der Waals surface area contributed by atoms with Gasteiger partial charge >= 0.3 is 0 Å². The molecule has 0 amide bonds. The Balaban J connectivity index is 2.31. The van der Waals surface area contributed by atoms with Gasteiger partial charge in [-0.25, -0.2) is 0 Å². The van der Waals surface area contributed by atoms with Crippen molar-refractivity contribution in [3.63, 3.8) is 0 Å². The molecule has 0 atom stereocenters. The van der Waals surface area contributed by atoms with Gasteiger partial charge in [-0.2, -0.15) is 20.5 Å². The summed E-state index contributed by atoms with van der Waals surface area (Å²) in [5.41, 5.74) is -0.255. The van der Waals surface area contributed by atoms with Gasteiger partial charge in [-0.1, -0.05) is 6.92 Å². The number of hydrogen-bond acceptors (Lipinski definition) is 4. The van der Waals surface area contributed by atoms with Crippen molar-refractivity contribution >= 4 is 0 Å². The molecule has 3 aliphatic heterocycles. The summed E-state index contributed by atoms with van der Waals surface area (Å²) in [7, 11) is 0. The Bertz CT molecular complexity index is 182. The van der Waals surface area contributed by atoms with E-state index in [-0.39, 0.29) is 11.8 Å². The zero-order valence-electron chi connectivity index (χ0n) is 5.99. The summed E-state index contributed by atoms with van der Waals surface area (Å²) in [6.45, 7) is 2.07. The molecule has 0 aromatic carbocycles. The molecular formula is C6H10N4. The van der Waals surface area contributed by atoms with Gasteiger partial charge in [0.25, 0.3) is 0 Å². The summed E-state index contributed by atoms with van der Waals surface area (Å²) in [5.74, 6) is 0. The molecule has 0 aromatic rings. The van der Waals surface area contributed by atoms with Crippen molar-refractivity contribution in [3.8, 4) is 0 Å². The third-order valence-corrected chi connectivity index (χ3v) is 2.12. The predicted molar refractivity (Wildman–Crippen MR) is 35.8 cm³/mol. The van der Waals surface area contributed by atoms with Crippen LogP contribution in [0.4, 0.5) is 0 Å². The molecule has 0 unspecified atom stereocenters. The van der Waals surface area contributed by atoms with E-state index in [4.69, 9.17) is 0 Å². The van der Waals surface area contributed by atoms with Gasteiger partial charge in [-0.15, -0.1) is 0 Å². The summed E-state index contributed by atoms with van der Waals surface area (Å²) >= 11 is 0. The first kappa shape index (κ1) is 5.95. The molecule has 0 fully saturated rings. The van der Waals surface area contributed by atoms with Gasteiger partial charge in [0, 0.05) is 6.42 Å². The summed E-state index contributed by atoms with van der Waals surface area (Å²) in [6, 6.07) is 0. The minimum absolute atomic E-state index is 0.0495. The molecule has 2 bridgehead atoms. The van der Waals surface area contributed by atoms with Crippen molar-refractivity contribution in [2.75, 3.05) is 0 Å². The third kappa shape index (κ3) is 0.678. The maximum absolute atomic E-state index is 4.11. The molecule has 4 heteroatoms. The van der Waals surface area contributed by atoms with Crippen molar-refractivity contribution in [1.29, 1.82) is 0 Å². The van der Waals surface area contributed by atoms with Crippen molar-refractivity contribution in [2.45, 2.75) is 38.0 Å². The highest BCUT2D eigenvalue weighted by Gasteiger charge is 2.36. The lowest BCUT2D eigenvalue weighted by molar-refractivity contribution is 0.246. The molecule has 10 heavy (non-hydrogen) atoms. The van der Waals surface area contributed by atoms with Crippen LogP contribution < -0.4 is 0 Å². The van der Waals surface area contributed by atoms with Gasteiger partial charge in [0.15, 0.2) is 11.8 Å². The standard InChI is InChI=1S/C6H10N4/c1-2-6-4-3-5(7-9-6)8-10-6/h5H,2-4H2,1H3.